The predicted octanol–water partition coefficient (Wildman–Crippen LogP) is 6.57. The van der Waals surface area contributed by atoms with Crippen LogP contribution in [0.3, 0.4) is 0 Å². The zero-order valence-corrected chi connectivity index (χ0v) is 23.0. The number of aromatic carboxylic acids is 1. The molecule has 0 spiro atoms. The van der Waals surface area contributed by atoms with Gasteiger partial charge in [-0.05, 0) is 53.6 Å². The number of ether oxygens (including phenoxy) is 1. The minimum Gasteiger partial charge on any atom is -0.478 e. The maximum absolute atomic E-state index is 12.2. The van der Waals surface area contributed by atoms with Crippen molar-refractivity contribution in [3.8, 4) is 16.8 Å². The SMILES string of the molecule is CCC(c1cn(C)nn1)c1c(C(=O)O)cnn1-c1cccc(-c2cccc(C(CC3CCCCC3)OC)c2)c1. The molecule has 0 radical (unpaired) electrons. The summed E-state index contributed by atoms with van der Waals surface area (Å²) in [6, 6.07) is 16.7. The lowest BCUT2D eigenvalue weighted by atomic mass is 9.84. The molecule has 1 fully saturated rings. The maximum Gasteiger partial charge on any atom is 0.339 e. The first kappa shape index (κ1) is 26.8. The number of carboxylic acid groups (broad SMARTS) is 1. The number of hydrogen-bond donors (Lipinski definition) is 1. The molecule has 0 bridgehead atoms. The summed E-state index contributed by atoms with van der Waals surface area (Å²) < 4.78 is 9.33. The smallest absolute Gasteiger partial charge is 0.339 e. The Morgan fingerprint density at radius 3 is 2.51 bits per heavy atom. The Morgan fingerprint density at radius 2 is 1.85 bits per heavy atom. The van der Waals surface area contributed by atoms with Gasteiger partial charge in [0.1, 0.15) is 5.56 Å². The Balaban J connectivity index is 1.49. The second kappa shape index (κ2) is 11.9. The van der Waals surface area contributed by atoms with Gasteiger partial charge in [0.15, 0.2) is 0 Å². The molecule has 39 heavy (non-hydrogen) atoms. The molecule has 2 aromatic carbocycles. The van der Waals surface area contributed by atoms with Crippen molar-refractivity contribution in [1.82, 2.24) is 24.8 Å². The van der Waals surface area contributed by atoms with Gasteiger partial charge in [0.05, 0.1) is 29.4 Å². The topological polar surface area (TPSA) is 95.1 Å². The Morgan fingerprint density at radius 1 is 1.10 bits per heavy atom. The molecule has 0 aliphatic heterocycles. The van der Waals surface area contributed by atoms with Crippen LogP contribution in [0.1, 0.15) is 91.2 Å². The molecule has 2 aromatic heterocycles. The average molecular weight is 528 g/mol. The van der Waals surface area contributed by atoms with E-state index >= 15 is 0 Å². The van der Waals surface area contributed by atoms with Gasteiger partial charge in [0, 0.05) is 26.3 Å². The third kappa shape index (κ3) is 5.81. The van der Waals surface area contributed by atoms with E-state index in [-0.39, 0.29) is 17.6 Å². The number of carboxylic acids is 1. The first-order valence-corrected chi connectivity index (χ1v) is 13.9. The highest BCUT2D eigenvalue weighted by Gasteiger charge is 2.28. The summed E-state index contributed by atoms with van der Waals surface area (Å²) in [4.78, 5) is 12.2. The quantitative estimate of drug-likeness (QED) is 0.251. The highest BCUT2D eigenvalue weighted by atomic mass is 16.5. The highest BCUT2D eigenvalue weighted by molar-refractivity contribution is 5.89. The van der Waals surface area contributed by atoms with Crippen LogP contribution in [0.25, 0.3) is 16.8 Å². The van der Waals surface area contributed by atoms with Crippen LogP contribution in [0, 0.1) is 5.92 Å². The van der Waals surface area contributed by atoms with Crippen molar-refractivity contribution in [3.63, 3.8) is 0 Å². The molecule has 4 aromatic rings. The number of hydrogen-bond acceptors (Lipinski definition) is 5. The second-order valence-electron chi connectivity index (χ2n) is 10.6. The van der Waals surface area contributed by atoms with Gasteiger partial charge in [0.2, 0.25) is 0 Å². The number of nitrogens with zero attached hydrogens (tertiary/aromatic N) is 5. The Hall–Kier alpha value is -3.78. The van der Waals surface area contributed by atoms with E-state index in [1.807, 2.05) is 25.3 Å². The number of aryl methyl sites for hydroxylation is 1. The molecular formula is C31H37N5O3. The molecule has 2 unspecified atom stereocenters. The van der Waals surface area contributed by atoms with Gasteiger partial charge in [-0.1, -0.05) is 74.6 Å². The monoisotopic (exact) mass is 527 g/mol. The van der Waals surface area contributed by atoms with Crippen LogP contribution in [0.4, 0.5) is 0 Å². The van der Waals surface area contributed by atoms with Gasteiger partial charge in [-0.15, -0.1) is 5.10 Å². The summed E-state index contributed by atoms with van der Waals surface area (Å²) in [6.45, 7) is 2.02. The molecule has 8 nitrogen and oxygen atoms in total. The first-order chi connectivity index (χ1) is 19.0. The summed E-state index contributed by atoms with van der Waals surface area (Å²) in [5.74, 6) is -0.550. The molecule has 0 amide bonds. The van der Waals surface area contributed by atoms with E-state index in [0.717, 1.165) is 34.8 Å². The van der Waals surface area contributed by atoms with E-state index in [1.165, 1.54) is 43.9 Å². The average Bonchev–Trinajstić information content (AvgIpc) is 3.60. The van der Waals surface area contributed by atoms with Gasteiger partial charge in [0.25, 0.3) is 0 Å². The van der Waals surface area contributed by atoms with Crippen LogP contribution in [-0.2, 0) is 11.8 Å². The summed E-state index contributed by atoms with van der Waals surface area (Å²) in [5, 5.41) is 22.9. The predicted molar refractivity (Wildman–Crippen MR) is 150 cm³/mol. The van der Waals surface area contributed by atoms with Crippen molar-refractivity contribution in [1.29, 1.82) is 0 Å². The highest BCUT2D eigenvalue weighted by Crippen LogP contribution is 2.36. The Kier molecular flexibility index (Phi) is 8.21. The lowest BCUT2D eigenvalue weighted by molar-refractivity contribution is 0.0695. The molecule has 1 aliphatic carbocycles. The molecular weight excluding hydrogens is 490 g/mol. The van der Waals surface area contributed by atoms with Crippen LogP contribution in [-0.4, -0.2) is 43.0 Å². The van der Waals surface area contributed by atoms with Crippen LogP contribution >= 0.6 is 0 Å². The Labute approximate surface area is 229 Å². The van der Waals surface area contributed by atoms with Crippen molar-refractivity contribution < 1.29 is 14.6 Å². The number of aromatic nitrogens is 5. The van der Waals surface area contributed by atoms with Crippen molar-refractivity contribution in [2.24, 2.45) is 13.0 Å². The Bertz CT molecular complexity index is 1420. The van der Waals surface area contributed by atoms with Crippen LogP contribution in [0.5, 0.6) is 0 Å². The molecule has 204 valence electrons. The van der Waals surface area contributed by atoms with E-state index in [2.05, 4.69) is 51.8 Å². The van der Waals surface area contributed by atoms with Gasteiger partial charge >= 0.3 is 5.97 Å². The zero-order valence-electron chi connectivity index (χ0n) is 23.0. The third-order valence-corrected chi connectivity index (χ3v) is 7.99. The fourth-order valence-corrected chi connectivity index (χ4v) is 5.96. The van der Waals surface area contributed by atoms with Gasteiger partial charge in [-0.2, -0.15) is 5.10 Å². The lowest BCUT2D eigenvalue weighted by Gasteiger charge is -2.26. The molecule has 0 saturated heterocycles. The molecule has 8 heteroatoms. The minimum atomic E-state index is -1.01. The van der Waals surface area contributed by atoms with Gasteiger partial charge in [-0.3, -0.25) is 4.68 Å². The standard InChI is InChI=1S/C31H37N5O3/c1-4-26(28-20-35(2)34-33-28)30-27(31(37)38)19-32-36(30)25-15-9-13-23(18-25)22-12-8-14-24(17-22)29(39-3)16-21-10-6-5-7-11-21/h8-9,12-15,17-21,26,29H,4-7,10-11,16H2,1-3H3,(H,37,38). The zero-order chi connectivity index (χ0) is 27.4. The minimum absolute atomic E-state index is 0.0735. The van der Waals surface area contributed by atoms with E-state index in [4.69, 9.17) is 4.74 Å². The maximum atomic E-state index is 12.2. The van der Waals surface area contributed by atoms with Crippen LogP contribution in [0.2, 0.25) is 0 Å². The van der Waals surface area contributed by atoms with E-state index in [0.29, 0.717) is 12.1 Å². The largest absolute Gasteiger partial charge is 0.478 e. The number of carbonyl (C=O) groups is 1. The van der Waals surface area contributed by atoms with Crippen LogP contribution in [0.15, 0.2) is 60.9 Å². The fraction of sp³-hybridized carbons (Fsp3) is 0.419. The summed E-state index contributed by atoms with van der Waals surface area (Å²) in [5.41, 5.74) is 5.60. The van der Waals surface area contributed by atoms with E-state index in [1.54, 1.807) is 23.5 Å². The van der Waals surface area contributed by atoms with Crippen molar-refractivity contribution in [2.45, 2.75) is 63.9 Å². The van der Waals surface area contributed by atoms with Gasteiger partial charge < -0.3 is 9.84 Å². The number of benzene rings is 2. The fourth-order valence-electron chi connectivity index (χ4n) is 5.96. The summed E-state index contributed by atoms with van der Waals surface area (Å²) >= 11 is 0. The number of rotatable bonds is 10. The van der Waals surface area contributed by atoms with E-state index < -0.39 is 5.97 Å². The van der Waals surface area contributed by atoms with E-state index in [9.17, 15) is 9.90 Å². The van der Waals surface area contributed by atoms with Crippen molar-refractivity contribution in [2.75, 3.05) is 7.11 Å². The summed E-state index contributed by atoms with van der Waals surface area (Å²) in [7, 11) is 3.61. The molecule has 1 N–H and O–H groups in total. The normalized spacial score (nSPS) is 15.8. The first-order valence-electron chi connectivity index (χ1n) is 13.9. The van der Waals surface area contributed by atoms with Crippen molar-refractivity contribution in [3.05, 3.63) is 83.4 Å². The summed E-state index contributed by atoms with van der Waals surface area (Å²) in [6.07, 6.45) is 11.6. The number of methoxy groups -OCH3 is 1. The van der Waals surface area contributed by atoms with Crippen molar-refractivity contribution >= 4 is 5.97 Å². The third-order valence-electron chi connectivity index (χ3n) is 7.99. The molecule has 5 rings (SSSR count). The second-order valence-corrected chi connectivity index (χ2v) is 10.6. The molecule has 1 aliphatic rings. The van der Waals surface area contributed by atoms with Gasteiger partial charge in [-0.25, -0.2) is 9.48 Å². The lowest BCUT2D eigenvalue weighted by Crippen LogP contribution is -2.13. The molecule has 2 heterocycles. The molecule has 2 atom stereocenters. The van der Waals surface area contributed by atoms with Crippen LogP contribution < -0.4 is 0 Å². The molecule has 1 saturated carbocycles.